The third-order valence-corrected chi connectivity index (χ3v) is 0. The maximum Gasteiger partial charge on any atom is 0.314 e. The summed E-state index contributed by atoms with van der Waals surface area (Å²) in [5, 5.41) is 22.2. The molecule has 0 rings (SSSR count). The van der Waals surface area contributed by atoms with Gasteiger partial charge in [-0.05, 0) is 0 Å². The van der Waals surface area contributed by atoms with Crippen molar-refractivity contribution >= 4 is 36.1 Å². The summed E-state index contributed by atoms with van der Waals surface area (Å²) in [6.45, 7) is 3.25. The van der Waals surface area contributed by atoms with Gasteiger partial charge in [0.1, 0.15) is 0 Å². The molecule has 5 N–H and O–H groups in total. The molecule has 0 aromatic heterocycles. The third kappa shape index (κ3) is 2480. The van der Waals surface area contributed by atoms with Crippen LogP contribution in [-0.2, 0) is 18.9 Å². The Morgan fingerprint density at radius 3 is 0.765 bits per heavy atom. The third-order valence-electron chi connectivity index (χ3n) is 0. The Hall–Kier alpha value is -1.01. The van der Waals surface area contributed by atoms with E-state index in [1.165, 1.54) is 0 Å². The molecule has 0 spiro atoms. The Bertz CT molecular complexity index is 164. The molecule has 1 atom stereocenters. The number of carboxylic acids is 3. The molecular formula is C6H18O9P2. The van der Waals surface area contributed by atoms with E-state index in [9.17, 15) is 0 Å². The number of aliphatic carboxylic acids is 3. The Kier molecular flexibility index (Phi) is 42.5. The van der Waals surface area contributed by atoms with Crippen LogP contribution < -0.4 is 0 Å². The van der Waals surface area contributed by atoms with Crippen LogP contribution in [0.4, 0.5) is 0 Å². The highest BCUT2D eigenvalue weighted by Crippen LogP contribution is 1.98. The molecule has 17 heavy (non-hydrogen) atoms. The second-order valence-corrected chi connectivity index (χ2v) is 2.40. The summed E-state index contributed by atoms with van der Waals surface area (Å²) in [4.78, 5) is 41.3. The van der Waals surface area contributed by atoms with E-state index < -0.39 is 26.2 Å². The van der Waals surface area contributed by atoms with Crippen molar-refractivity contribution in [2.24, 2.45) is 0 Å². The molecule has 0 aromatic carbocycles. The molecule has 11 heteroatoms. The van der Waals surface area contributed by atoms with Gasteiger partial charge in [0.2, 0.25) is 0 Å². The van der Waals surface area contributed by atoms with Crippen LogP contribution in [0.2, 0.25) is 0 Å². The van der Waals surface area contributed by atoms with Crippen LogP contribution in [0.3, 0.4) is 0 Å². The molecule has 0 heterocycles. The van der Waals surface area contributed by atoms with Crippen LogP contribution in [0.25, 0.3) is 0 Å². The largest absolute Gasteiger partial charge is 0.481 e. The van der Waals surface area contributed by atoms with Gasteiger partial charge < -0.3 is 25.1 Å². The Morgan fingerprint density at radius 1 is 0.765 bits per heavy atom. The average Bonchev–Trinajstić information content (AvgIpc) is 1.76. The molecule has 0 bridgehead atoms. The average molecular weight is 296 g/mol. The van der Waals surface area contributed by atoms with Gasteiger partial charge in [-0.25, -0.2) is 0 Å². The van der Waals surface area contributed by atoms with Crippen molar-refractivity contribution < 1.29 is 44.1 Å². The van der Waals surface area contributed by atoms with Crippen molar-refractivity contribution in [3.63, 3.8) is 0 Å². The summed E-state index contributed by atoms with van der Waals surface area (Å²) in [6, 6.07) is 0. The van der Waals surface area contributed by atoms with Gasteiger partial charge >= 0.3 is 8.25 Å². The molecule has 0 aliphatic heterocycles. The fourth-order valence-electron chi connectivity index (χ4n) is 0. The number of carbonyl (C=O) groups is 3. The van der Waals surface area contributed by atoms with Crippen molar-refractivity contribution in [3.05, 3.63) is 0 Å². The van der Waals surface area contributed by atoms with E-state index in [0.717, 1.165) is 20.8 Å². The van der Waals surface area contributed by atoms with Crippen LogP contribution >= 0.6 is 18.2 Å². The summed E-state index contributed by atoms with van der Waals surface area (Å²) in [6.07, 6.45) is 0. The van der Waals surface area contributed by atoms with Crippen molar-refractivity contribution in [3.8, 4) is 0 Å². The Balaban J connectivity index is -0.0000000369. The van der Waals surface area contributed by atoms with Crippen LogP contribution in [0.15, 0.2) is 0 Å². The minimum atomic E-state index is -3.13. The summed E-state index contributed by atoms with van der Waals surface area (Å²) in [5.74, 6) is -2.50. The smallest absolute Gasteiger partial charge is 0.314 e. The summed E-state index contributed by atoms with van der Waals surface area (Å²) < 4.78 is 8.74. The quantitative estimate of drug-likeness (QED) is 0.376. The van der Waals surface area contributed by atoms with E-state index in [0.29, 0.717) is 0 Å². The monoisotopic (exact) mass is 296 g/mol. The lowest BCUT2D eigenvalue weighted by Gasteiger charge is -1.61. The molecule has 0 aromatic rings. The van der Waals surface area contributed by atoms with E-state index in [2.05, 4.69) is 0 Å². The first-order chi connectivity index (χ1) is 6.93. The van der Waals surface area contributed by atoms with E-state index >= 15 is 0 Å². The lowest BCUT2D eigenvalue weighted by molar-refractivity contribution is -0.135. The van der Waals surface area contributed by atoms with Crippen molar-refractivity contribution in [1.29, 1.82) is 0 Å². The zero-order valence-electron chi connectivity index (χ0n) is 9.58. The number of hydrogen-bond acceptors (Lipinski definition) is 4. The normalized spacial score (nSPS) is 6.47. The molecule has 0 saturated heterocycles. The highest BCUT2D eigenvalue weighted by Gasteiger charge is 1.66. The second-order valence-electron chi connectivity index (χ2n) is 1.84. The van der Waals surface area contributed by atoms with Crippen molar-refractivity contribution in [2.75, 3.05) is 0 Å². The van der Waals surface area contributed by atoms with Crippen LogP contribution in [0.5, 0.6) is 0 Å². The molecule has 0 aliphatic carbocycles. The summed E-state index contributed by atoms with van der Waals surface area (Å²) >= 11 is 0. The maximum absolute atomic E-state index is 9.00. The van der Waals surface area contributed by atoms with Gasteiger partial charge in [-0.2, -0.15) is 9.90 Å². The zero-order valence-corrected chi connectivity index (χ0v) is 12.0. The van der Waals surface area contributed by atoms with Crippen molar-refractivity contribution in [1.82, 2.24) is 0 Å². The molecule has 0 saturated carbocycles. The van der Waals surface area contributed by atoms with Gasteiger partial charge in [0.05, 0.1) is 0 Å². The van der Waals surface area contributed by atoms with Gasteiger partial charge in [0, 0.05) is 20.8 Å². The highest BCUT2D eigenvalue weighted by molar-refractivity contribution is 7.30. The van der Waals surface area contributed by atoms with Gasteiger partial charge in [0.25, 0.3) is 17.9 Å². The Labute approximate surface area is 102 Å². The SMILES string of the molecule is CC(=O)O.CC(=O)O.CC(=O)O.O=[PH](O)O.P. The number of hydrogen-bond donors (Lipinski definition) is 5. The first-order valence-corrected chi connectivity index (χ1v) is 4.74. The second kappa shape index (κ2) is 24.3. The molecular weight excluding hydrogens is 278 g/mol. The van der Waals surface area contributed by atoms with Crippen LogP contribution in [-0.4, -0.2) is 43.0 Å². The van der Waals surface area contributed by atoms with E-state index in [4.69, 9.17) is 44.1 Å². The number of carboxylic acid groups (broad SMARTS) is 3. The summed E-state index contributed by atoms with van der Waals surface area (Å²) in [5.41, 5.74) is 0. The fraction of sp³-hybridized carbons (Fsp3) is 0.500. The molecule has 9 nitrogen and oxygen atoms in total. The fourth-order valence-corrected chi connectivity index (χ4v) is 0. The number of rotatable bonds is 0. The predicted molar refractivity (Wildman–Crippen MR) is 64.5 cm³/mol. The minimum absolute atomic E-state index is 0. The minimum Gasteiger partial charge on any atom is -0.481 e. The molecule has 0 radical (unpaired) electrons. The van der Waals surface area contributed by atoms with E-state index in [1.54, 1.807) is 0 Å². The molecule has 0 fully saturated rings. The van der Waals surface area contributed by atoms with Gasteiger partial charge in [-0.15, -0.1) is 0 Å². The van der Waals surface area contributed by atoms with Gasteiger partial charge in [0.15, 0.2) is 0 Å². The van der Waals surface area contributed by atoms with Gasteiger partial charge in [-0.3, -0.25) is 18.9 Å². The lowest BCUT2D eigenvalue weighted by Crippen LogP contribution is -1.78. The predicted octanol–water partition coefficient (Wildman–Crippen LogP) is -0.309. The maximum atomic E-state index is 9.00. The molecule has 0 aliphatic rings. The molecule has 0 amide bonds. The van der Waals surface area contributed by atoms with E-state index in [1.807, 2.05) is 0 Å². The van der Waals surface area contributed by atoms with E-state index in [-0.39, 0.29) is 9.90 Å². The Morgan fingerprint density at radius 2 is 0.765 bits per heavy atom. The molecule has 1 unspecified atom stereocenters. The van der Waals surface area contributed by atoms with Crippen LogP contribution in [0.1, 0.15) is 20.8 Å². The van der Waals surface area contributed by atoms with Gasteiger partial charge in [-0.1, -0.05) is 0 Å². The first-order valence-electron chi connectivity index (χ1n) is 3.43. The molecule has 106 valence electrons. The highest BCUT2D eigenvalue weighted by atomic mass is 31.1. The topological polar surface area (TPSA) is 169 Å². The zero-order chi connectivity index (χ0) is 14.3. The standard InChI is InChI=1S/3C2H4O2.H3O3P.H3P/c3*1-2(3)4;1-4(2)3;/h3*1H3,(H,3,4);4H,(H2,1,2,3);1H3. The first kappa shape index (κ1) is 29.7. The van der Waals surface area contributed by atoms with Crippen LogP contribution in [0, 0.1) is 0 Å². The van der Waals surface area contributed by atoms with Crippen molar-refractivity contribution in [2.45, 2.75) is 20.8 Å². The lowest BCUT2D eigenvalue weighted by atomic mass is 10.9. The summed E-state index contributed by atoms with van der Waals surface area (Å²) in [7, 11) is -3.13.